The summed E-state index contributed by atoms with van der Waals surface area (Å²) in [5.41, 5.74) is 0.740. The molecule has 4 rings (SSSR count). The van der Waals surface area contributed by atoms with E-state index in [2.05, 4.69) is 10.2 Å². The Bertz CT molecular complexity index is 1170. The van der Waals surface area contributed by atoms with Crippen molar-refractivity contribution in [3.63, 3.8) is 0 Å². The minimum atomic E-state index is -0.739. The van der Waals surface area contributed by atoms with Crippen molar-refractivity contribution in [1.82, 2.24) is 10.2 Å². The van der Waals surface area contributed by atoms with Gasteiger partial charge in [0.05, 0.1) is 4.92 Å². The molecule has 4 aromatic rings. The van der Waals surface area contributed by atoms with E-state index < -0.39 is 17.0 Å². The molecule has 0 unspecified atom stereocenters. The second kappa shape index (κ2) is 7.20. The molecule has 0 aliphatic carbocycles. The van der Waals surface area contributed by atoms with Crippen LogP contribution in [-0.4, -0.2) is 21.1 Å². The number of carbonyl (C=O) groups excluding carboxylic acids is 1. The fraction of sp³-hybridized carbons (Fsp3) is 0.105. The molecule has 0 spiro atoms. The molecular weight excluding hydrogens is 382 g/mol. The second-order valence-corrected chi connectivity index (χ2v) is 7.03. The van der Waals surface area contributed by atoms with Gasteiger partial charge in [0.2, 0.25) is 5.89 Å². The number of esters is 1. The quantitative estimate of drug-likeness (QED) is 0.272. The minimum Gasteiger partial charge on any atom is -0.448 e. The lowest BCUT2D eigenvalue weighted by molar-refractivity contribution is -0.384. The molecule has 140 valence electrons. The fourth-order valence-electron chi connectivity index (χ4n) is 2.61. The van der Waals surface area contributed by atoms with E-state index in [0.29, 0.717) is 16.2 Å². The van der Waals surface area contributed by atoms with Crippen molar-refractivity contribution in [3.8, 4) is 11.5 Å². The number of ether oxygens (including phenoxy) is 1. The molecular formula is C19H13N3O5S. The van der Waals surface area contributed by atoms with Crippen molar-refractivity contribution >= 4 is 33.1 Å². The maximum Gasteiger partial charge on any atom is 0.349 e. The van der Waals surface area contributed by atoms with Gasteiger partial charge in [-0.25, -0.2) is 4.79 Å². The van der Waals surface area contributed by atoms with Gasteiger partial charge in [-0.1, -0.05) is 18.2 Å². The highest BCUT2D eigenvalue weighted by atomic mass is 32.1. The van der Waals surface area contributed by atoms with E-state index >= 15 is 0 Å². The van der Waals surface area contributed by atoms with Crippen molar-refractivity contribution in [2.75, 3.05) is 0 Å². The number of aromatic nitrogens is 2. The first-order valence-corrected chi connectivity index (χ1v) is 9.11. The first kappa shape index (κ1) is 17.8. The van der Waals surface area contributed by atoms with Crippen molar-refractivity contribution in [2.24, 2.45) is 0 Å². The standard InChI is InChI=1S/C19H13N3O5S/c1-11(17-20-21-18(27-17)12-5-3-2-4-6-12)26-19(23)16-10-13-9-14(22(24)25)7-8-15(13)28-16/h2-11H,1H3/t11-/m1/s1. The first-order valence-electron chi connectivity index (χ1n) is 8.29. The Labute approximate surface area is 162 Å². The van der Waals surface area contributed by atoms with Crippen LogP contribution in [0.1, 0.15) is 28.6 Å². The number of non-ortho nitro benzene ring substituents is 1. The van der Waals surface area contributed by atoms with Crippen molar-refractivity contribution in [2.45, 2.75) is 13.0 Å². The van der Waals surface area contributed by atoms with E-state index in [1.807, 2.05) is 30.3 Å². The van der Waals surface area contributed by atoms with Crippen LogP contribution in [0.4, 0.5) is 5.69 Å². The van der Waals surface area contributed by atoms with Gasteiger partial charge in [0.25, 0.3) is 11.6 Å². The number of nitro groups is 1. The third-order valence-electron chi connectivity index (χ3n) is 4.00. The molecule has 0 saturated heterocycles. The number of rotatable bonds is 5. The minimum absolute atomic E-state index is 0.0297. The highest BCUT2D eigenvalue weighted by Gasteiger charge is 2.21. The summed E-state index contributed by atoms with van der Waals surface area (Å²) in [5.74, 6) is -0.0348. The summed E-state index contributed by atoms with van der Waals surface area (Å²) in [7, 11) is 0. The number of nitrogens with zero attached hydrogens (tertiary/aromatic N) is 3. The zero-order valence-electron chi connectivity index (χ0n) is 14.6. The maximum absolute atomic E-state index is 12.5. The molecule has 2 aromatic carbocycles. The predicted molar refractivity (Wildman–Crippen MR) is 102 cm³/mol. The fourth-order valence-corrected chi connectivity index (χ4v) is 3.54. The molecule has 0 aliphatic heterocycles. The molecule has 8 nitrogen and oxygen atoms in total. The molecule has 0 fully saturated rings. The summed E-state index contributed by atoms with van der Waals surface area (Å²) in [5, 5.41) is 19.4. The Morgan fingerprint density at radius 1 is 1.18 bits per heavy atom. The Morgan fingerprint density at radius 2 is 1.96 bits per heavy atom. The highest BCUT2D eigenvalue weighted by molar-refractivity contribution is 7.20. The lowest BCUT2D eigenvalue weighted by Gasteiger charge is -2.07. The summed E-state index contributed by atoms with van der Waals surface area (Å²) < 4.78 is 11.8. The van der Waals surface area contributed by atoms with E-state index in [0.717, 1.165) is 10.3 Å². The largest absolute Gasteiger partial charge is 0.448 e. The molecule has 1 atom stereocenters. The molecule has 28 heavy (non-hydrogen) atoms. The Morgan fingerprint density at radius 3 is 2.71 bits per heavy atom. The van der Waals surface area contributed by atoms with Crippen LogP contribution in [0.2, 0.25) is 0 Å². The van der Waals surface area contributed by atoms with Crippen molar-refractivity contribution in [1.29, 1.82) is 0 Å². The zero-order valence-corrected chi connectivity index (χ0v) is 15.4. The van der Waals surface area contributed by atoms with Crippen LogP contribution >= 0.6 is 11.3 Å². The van der Waals surface area contributed by atoms with Gasteiger partial charge in [-0.15, -0.1) is 21.5 Å². The van der Waals surface area contributed by atoms with Crippen LogP contribution < -0.4 is 0 Å². The summed E-state index contributed by atoms with van der Waals surface area (Å²) in [6.45, 7) is 1.64. The number of nitro benzene ring substituents is 1. The normalized spacial score (nSPS) is 12.0. The molecule has 9 heteroatoms. The summed E-state index contributed by atoms with van der Waals surface area (Å²) in [4.78, 5) is 23.2. The van der Waals surface area contributed by atoms with Crippen LogP contribution in [0, 0.1) is 10.1 Å². The average Bonchev–Trinajstić information content (AvgIpc) is 3.35. The number of fused-ring (bicyclic) bond motifs is 1. The van der Waals surface area contributed by atoms with Gasteiger partial charge < -0.3 is 9.15 Å². The van der Waals surface area contributed by atoms with Gasteiger partial charge in [0, 0.05) is 27.8 Å². The van der Waals surface area contributed by atoms with Gasteiger partial charge in [-0.05, 0) is 31.2 Å². The average molecular weight is 395 g/mol. The number of benzene rings is 2. The van der Waals surface area contributed by atoms with Gasteiger partial charge in [-0.2, -0.15) is 0 Å². The summed E-state index contributed by atoms with van der Waals surface area (Å²) in [6, 6.07) is 15.3. The smallest absolute Gasteiger partial charge is 0.349 e. The van der Waals surface area contributed by atoms with Gasteiger partial charge in [-0.3, -0.25) is 10.1 Å². The monoisotopic (exact) mass is 395 g/mol. The lowest BCUT2D eigenvalue weighted by atomic mass is 10.2. The Kier molecular flexibility index (Phi) is 4.58. The van der Waals surface area contributed by atoms with Crippen molar-refractivity contribution in [3.05, 3.63) is 75.5 Å². The molecule has 2 aromatic heterocycles. The predicted octanol–water partition coefficient (Wildman–Crippen LogP) is 4.78. The molecule has 0 aliphatic rings. The Hall–Kier alpha value is -3.59. The maximum atomic E-state index is 12.5. The molecule has 0 saturated carbocycles. The highest BCUT2D eigenvalue weighted by Crippen LogP contribution is 2.30. The number of hydrogen-bond donors (Lipinski definition) is 0. The number of thiophene rings is 1. The first-order chi connectivity index (χ1) is 13.5. The topological polar surface area (TPSA) is 108 Å². The molecule has 2 heterocycles. The summed E-state index contributed by atoms with van der Waals surface area (Å²) >= 11 is 1.20. The third kappa shape index (κ3) is 3.47. The lowest BCUT2D eigenvalue weighted by Crippen LogP contribution is -2.08. The summed E-state index contributed by atoms with van der Waals surface area (Å²) in [6.07, 6.45) is -0.739. The number of hydrogen-bond acceptors (Lipinski definition) is 8. The van der Waals surface area contributed by atoms with E-state index in [1.54, 1.807) is 19.1 Å². The van der Waals surface area contributed by atoms with Crippen LogP contribution in [-0.2, 0) is 4.74 Å². The molecule has 0 amide bonds. The SMILES string of the molecule is C[C@@H](OC(=O)c1cc2cc([N+](=O)[O-])ccc2s1)c1nnc(-c2ccccc2)o1. The molecule has 0 radical (unpaired) electrons. The number of carbonyl (C=O) groups is 1. The van der Waals surface area contributed by atoms with Gasteiger partial charge >= 0.3 is 5.97 Å². The third-order valence-corrected chi connectivity index (χ3v) is 5.10. The van der Waals surface area contributed by atoms with Crippen LogP contribution in [0.25, 0.3) is 21.5 Å². The van der Waals surface area contributed by atoms with Gasteiger partial charge in [0.15, 0.2) is 6.10 Å². The second-order valence-electron chi connectivity index (χ2n) is 5.95. The van der Waals surface area contributed by atoms with Gasteiger partial charge in [0.1, 0.15) is 4.88 Å². The molecule has 0 N–H and O–H groups in total. The Balaban J connectivity index is 1.51. The van der Waals surface area contributed by atoms with Crippen molar-refractivity contribution < 1.29 is 18.9 Å². The van der Waals surface area contributed by atoms with E-state index in [9.17, 15) is 14.9 Å². The van der Waals surface area contributed by atoms with Crippen LogP contribution in [0.15, 0.2) is 59.0 Å². The van der Waals surface area contributed by atoms with E-state index in [4.69, 9.17) is 9.15 Å². The van der Waals surface area contributed by atoms with E-state index in [-0.39, 0.29) is 11.6 Å². The molecule has 0 bridgehead atoms. The van der Waals surface area contributed by atoms with Crippen LogP contribution in [0.3, 0.4) is 0 Å². The zero-order chi connectivity index (χ0) is 19.7. The van der Waals surface area contributed by atoms with Crippen LogP contribution in [0.5, 0.6) is 0 Å². The van der Waals surface area contributed by atoms with E-state index in [1.165, 1.54) is 23.5 Å².